The Hall–Kier alpha value is -3.97. The molecule has 1 heterocycles. The van der Waals surface area contributed by atoms with Crippen molar-refractivity contribution in [3.8, 4) is 16.9 Å². The first-order chi connectivity index (χ1) is 21.1. The third-order valence-corrected chi connectivity index (χ3v) is 7.06. The molecule has 0 radical (unpaired) electrons. The summed E-state index contributed by atoms with van der Waals surface area (Å²) >= 11 is 0. The van der Waals surface area contributed by atoms with Gasteiger partial charge in [0, 0.05) is 11.6 Å². The minimum atomic E-state index is -5.21. The maximum Gasteiger partial charge on any atom is 0.416 e. The van der Waals surface area contributed by atoms with Crippen molar-refractivity contribution in [3.05, 3.63) is 87.7 Å². The van der Waals surface area contributed by atoms with Gasteiger partial charge in [-0.2, -0.15) is 39.5 Å². The highest BCUT2D eigenvalue weighted by Crippen LogP contribution is 2.44. The van der Waals surface area contributed by atoms with Crippen LogP contribution in [-0.2, 0) is 29.8 Å². The summed E-state index contributed by atoms with van der Waals surface area (Å²) in [6, 6.07) is 0.360. The molecule has 0 unspecified atom stereocenters. The van der Waals surface area contributed by atoms with Crippen LogP contribution in [-0.4, -0.2) is 24.1 Å². The van der Waals surface area contributed by atoms with Crippen LogP contribution >= 0.6 is 0 Å². The van der Waals surface area contributed by atoms with Crippen LogP contribution in [0.2, 0.25) is 0 Å². The number of halogens is 10. The van der Waals surface area contributed by atoms with Crippen molar-refractivity contribution in [3.63, 3.8) is 0 Å². The number of rotatable bonds is 6. The minimum Gasteiger partial charge on any atom is -0.496 e. The Labute approximate surface area is 248 Å². The fourth-order valence-corrected chi connectivity index (χ4v) is 4.90. The summed E-state index contributed by atoms with van der Waals surface area (Å²) in [6.45, 7) is 3.04. The number of methoxy groups -OCH3 is 1. The van der Waals surface area contributed by atoms with Crippen LogP contribution < -0.4 is 4.74 Å². The summed E-state index contributed by atoms with van der Waals surface area (Å²) in [7, 11) is 1.13. The topological polar surface area (TPSA) is 38.8 Å². The van der Waals surface area contributed by atoms with E-state index in [0.717, 1.165) is 30.2 Å². The lowest BCUT2D eigenvalue weighted by molar-refractivity contribution is -0.143. The second-order valence-electron chi connectivity index (χ2n) is 10.4. The van der Waals surface area contributed by atoms with E-state index in [4.69, 9.17) is 12.2 Å². The molecule has 0 aliphatic carbocycles. The first-order valence-corrected chi connectivity index (χ1v) is 12.9. The van der Waals surface area contributed by atoms with E-state index in [0.29, 0.717) is 12.1 Å². The first kappa shape index (κ1) is 30.1. The van der Waals surface area contributed by atoms with Crippen molar-refractivity contribution in [2.75, 3.05) is 7.11 Å². The predicted octanol–water partition coefficient (Wildman–Crippen LogP) is 9.76. The zero-order valence-electron chi connectivity index (χ0n) is 25.4. The normalized spacial score (nSPS) is 18.4. The molecule has 4 rings (SSSR count). The highest BCUT2D eigenvalue weighted by molar-refractivity contribution is 5.77. The molecular formula is C30H25F10NO3. The molecule has 1 saturated heterocycles. The van der Waals surface area contributed by atoms with Gasteiger partial charge in [0.05, 0.1) is 39.1 Å². The number of benzene rings is 3. The van der Waals surface area contributed by atoms with Gasteiger partial charge in [-0.3, -0.25) is 4.90 Å². The summed E-state index contributed by atoms with van der Waals surface area (Å²) in [5.74, 6) is -1.96. The van der Waals surface area contributed by atoms with Gasteiger partial charge in [-0.1, -0.05) is 13.8 Å². The van der Waals surface area contributed by atoms with E-state index >= 15 is 0 Å². The fraction of sp³-hybridized carbons (Fsp3) is 0.367. The third-order valence-electron chi connectivity index (χ3n) is 7.06. The average molecular weight is 640 g/mol. The third kappa shape index (κ3) is 6.58. The number of nitrogens with zero attached hydrogens (tertiary/aromatic N) is 1. The minimum absolute atomic E-state index is 0.0995. The monoisotopic (exact) mass is 639 g/mol. The van der Waals surface area contributed by atoms with Gasteiger partial charge in [0.15, 0.2) is 0 Å². The summed E-state index contributed by atoms with van der Waals surface area (Å²) in [5, 5.41) is 0. The number of carbonyl (C=O) groups excluding carboxylic acids is 1. The molecule has 1 aliphatic heterocycles. The van der Waals surface area contributed by atoms with E-state index in [2.05, 4.69) is 0 Å². The highest BCUT2D eigenvalue weighted by atomic mass is 19.4. The van der Waals surface area contributed by atoms with E-state index in [-0.39, 0.29) is 22.9 Å². The van der Waals surface area contributed by atoms with Crippen LogP contribution in [0.1, 0.15) is 68.9 Å². The van der Waals surface area contributed by atoms with Gasteiger partial charge >= 0.3 is 24.6 Å². The lowest BCUT2D eigenvalue weighted by Crippen LogP contribution is -2.32. The zero-order chi connectivity index (χ0) is 34.7. The molecule has 14 heteroatoms. The quantitative estimate of drug-likeness (QED) is 0.252. The molecule has 4 nitrogen and oxygen atoms in total. The number of hydrogen-bond acceptors (Lipinski definition) is 3. The standard InChI is InChI=1S/C30H25F10NO3/c1-14(2)22-12-23(21-6-5-20(31)11-25(21)43-4)17(9-24(22)30(38,39)40)13-41-15(3)26(44-27(41)42)16-7-18(28(32,33)34)10-19(8-16)29(35,36)37/h5-12,14-15,26H,13H2,1-4H3/t15-,26-/m0/s1/i9D,12D. The van der Waals surface area contributed by atoms with Crippen molar-refractivity contribution < 1.29 is 60.9 Å². The number of hydrogen-bond donors (Lipinski definition) is 0. The van der Waals surface area contributed by atoms with Crippen molar-refractivity contribution >= 4 is 6.09 Å². The fourth-order valence-electron chi connectivity index (χ4n) is 4.90. The summed E-state index contributed by atoms with van der Waals surface area (Å²) in [4.78, 5) is 13.8. The van der Waals surface area contributed by atoms with Crippen LogP contribution in [0.4, 0.5) is 48.7 Å². The van der Waals surface area contributed by atoms with Crippen molar-refractivity contribution in [1.82, 2.24) is 4.90 Å². The van der Waals surface area contributed by atoms with E-state index in [9.17, 15) is 48.7 Å². The van der Waals surface area contributed by atoms with Crippen molar-refractivity contribution in [2.24, 2.45) is 0 Å². The van der Waals surface area contributed by atoms with Gasteiger partial charge in [-0.15, -0.1) is 0 Å². The molecule has 2 atom stereocenters. The lowest BCUT2D eigenvalue weighted by atomic mass is 9.88. The van der Waals surface area contributed by atoms with Crippen LogP contribution in [0.3, 0.4) is 0 Å². The Morgan fingerprint density at radius 3 is 2.00 bits per heavy atom. The SMILES string of the molecule is [2H]c1c(-c2ccc(F)cc2OC)c(CN2C(=O)O[C@H](c3cc(C(F)(F)F)cc(C(F)(F)F)c3)[C@@H]2C)c([2H])c(C(F)(F)F)c1C(C)C. The van der Waals surface area contributed by atoms with Crippen LogP contribution in [0.5, 0.6) is 5.75 Å². The Morgan fingerprint density at radius 1 is 0.909 bits per heavy atom. The molecule has 1 aliphatic rings. The maximum absolute atomic E-state index is 14.4. The average Bonchev–Trinajstić information content (AvgIpc) is 3.21. The van der Waals surface area contributed by atoms with Gasteiger partial charge in [0.1, 0.15) is 17.7 Å². The summed E-state index contributed by atoms with van der Waals surface area (Å²) in [5.41, 5.74) is -7.04. The van der Waals surface area contributed by atoms with E-state index in [1.807, 2.05) is 0 Å². The molecule has 3 aromatic carbocycles. The Kier molecular flexibility index (Phi) is 7.87. The molecule has 0 spiro atoms. The van der Waals surface area contributed by atoms with Gasteiger partial charge in [-0.05, 0) is 77.5 Å². The molecule has 0 aromatic heterocycles. The van der Waals surface area contributed by atoms with Gasteiger partial charge in [-0.25, -0.2) is 9.18 Å². The molecule has 0 bridgehead atoms. The maximum atomic E-state index is 14.4. The predicted molar refractivity (Wildman–Crippen MR) is 138 cm³/mol. The summed E-state index contributed by atoms with van der Waals surface area (Å²) in [6.07, 6.45) is -18.6. The second kappa shape index (κ2) is 11.5. The van der Waals surface area contributed by atoms with Gasteiger partial charge in [0.2, 0.25) is 0 Å². The number of ether oxygens (including phenoxy) is 2. The molecule has 1 fully saturated rings. The molecule has 0 saturated carbocycles. The zero-order valence-corrected chi connectivity index (χ0v) is 23.4. The smallest absolute Gasteiger partial charge is 0.416 e. The Balaban J connectivity index is 1.93. The Morgan fingerprint density at radius 2 is 1.50 bits per heavy atom. The van der Waals surface area contributed by atoms with Crippen molar-refractivity contribution in [1.29, 1.82) is 0 Å². The lowest BCUT2D eigenvalue weighted by Gasteiger charge is -2.26. The Bertz CT molecular complexity index is 1640. The van der Waals surface area contributed by atoms with Gasteiger partial charge in [0.25, 0.3) is 0 Å². The molecule has 0 N–H and O–H groups in total. The van der Waals surface area contributed by atoms with E-state index in [1.165, 1.54) is 20.8 Å². The van der Waals surface area contributed by atoms with Crippen LogP contribution in [0.25, 0.3) is 11.1 Å². The molecule has 44 heavy (non-hydrogen) atoms. The van der Waals surface area contributed by atoms with Crippen LogP contribution in [0.15, 0.2) is 48.5 Å². The largest absolute Gasteiger partial charge is 0.496 e. The number of cyclic esters (lactones) is 1. The van der Waals surface area contributed by atoms with Crippen molar-refractivity contribution in [2.45, 2.75) is 63.9 Å². The number of alkyl halides is 9. The van der Waals surface area contributed by atoms with E-state index in [1.54, 1.807) is 0 Å². The highest BCUT2D eigenvalue weighted by Gasteiger charge is 2.44. The number of amides is 1. The molecule has 1 amide bonds. The molecule has 3 aromatic rings. The van der Waals surface area contributed by atoms with Crippen LogP contribution in [0, 0.1) is 5.82 Å². The second-order valence-corrected chi connectivity index (χ2v) is 10.4. The molecular weight excluding hydrogens is 612 g/mol. The van der Waals surface area contributed by atoms with Gasteiger partial charge < -0.3 is 9.47 Å². The summed E-state index contributed by atoms with van der Waals surface area (Å²) < 4.78 is 166. The van der Waals surface area contributed by atoms with E-state index < -0.39 is 101 Å². The number of carbonyl (C=O) groups is 1. The first-order valence-electron chi connectivity index (χ1n) is 13.9. The molecule has 238 valence electrons.